The van der Waals surface area contributed by atoms with Crippen LogP contribution in [0.5, 0.6) is 0 Å². The number of esters is 1. The van der Waals surface area contributed by atoms with Gasteiger partial charge in [0.05, 0.1) is 17.7 Å². The van der Waals surface area contributed by atoms with Crippen LogP contribution >= 0.6 is 10.0 Å². The molecule has 2 aliphatic heterocycles. The SMILES string of the molecule is Cc1ccc(N(C)C(=O)S2(CO)[C@@H]3CC(=O)N3[C@@H](C(=O)OCc3ccccc3)C2(C)C)cc1. The molecule has 4 rings (SSSR count). The highest BCUT2D eigenvalue weighted by atomic mass is 32.3. The van der Waals surface area contributed by atoms with Gasteiger partial charge in [-0.25, -0.2) is 4.79 Å². The van der Waals surface area contributed by atoms with Crippen molar-refractivity contribution in [2.24, 2.45) is 0 Å². The number of carbonyl (C=O) groups excluding carboxylic acids is 3. The third-order valence-corrected chi connectivity index (χ3v) is 11.7. The van der Waals surface area contributed by atoms with Crippen LogP contribution in [0.15, 0.2) is 54.6 Å². The van der Waals surface area contributed by atoms with Gasteiger partial charge >= 0.3 is 5.97 Å². The Labute approximate surface area is 195 Å². The Morgan fingerprint density at radius 1 is 1.15 bits per heavy atom. The summed E-state index contributed by atoms with van der Waals surface area (Å²) in [7, 11) is -0.838. The maximum Gasteiger partial charge on any atom is 0.330 e. The van der Waals surface area contributed by atoms with Crippen LogP contribution in [0.4, 0.5) is 10.5 Å². The number of benzene rings is 2. The Balaban J connectivity index is 1.66. The van der Waals surface area contributed by atoms with Crippen molar-refractivity contribution >= 4 is 32.8 Å². The number of β-lactam (4-membered cyclic amide) rings is 1. The zero-order chi connectivity index (χ0) is 24.0. The fourth-order valence-corrected chi connectivity index (χ4v) is 9.16. The Bertz CT molecular complexity index is 1070. The van der Waals surface area contributed by atoms with Crippen LogP contribution in [0.2, 0.25) is 0 Å². The molecule has 1 N–H and O–H groups in total. The van der Waals surface area contributed by atoms with Gasteiger partial charge in [0.1, 0.15) is 12.6 Å². The highest BCUT2D eigenvalue weighted by molar-refractivity contribution is 8.46. The summed E-state index contributed by atoms with van der Waals surface area (Å²) >= 11 is 0. The lowest BCUT2D eigenvalue weighted by Crippen LogP contribution is -2.57. The average molecular weight is 471 g/mol. The van der Waals surface area contributed by atoms with Gasteiger partial charge in [0, 0.05) is 17.5 Å². The lowest BCUT2D eigenvalue weighted by Gasteiger charge is -2.50. The highest BCUT2D eigenvalue weighted by Gasteiger charge is 2.72. The molecule has 33 heavy (non-hydrogen) atoms. The molecule has 2 aliphatic rings. The molecule has 7 nitrogen and oxygen atoms in total. The van der Waals surface area contributed by atoms with Gasteiger partial charge in [-0.3, -0.25) is 9.59 Å². The predicted octanol–water partition coefficient (Wildman–Crippen LogP) is 3.77. The summed E-state index contributed by atoms with van der Waals surface area (Å²) < 4.78 is 4.63. The molecule has 0 saturated carbocycles. The summed E-state index contributed by atoms with van der Waals surface area (Å²) in [5, 5.41) is 9.95. The molecule has 1 unspecified atom stereocenters. The first-order chi connectivity index (χ1) is 15.6. The second-order valence-electron chi connectivity index (χ2n) is 9.14. The number of rotatable bonds is 5. The highest BCUT2D eigenvalue weighted by Crippen LogP contribution is 2.74. The molecule has 2 heterocycles. The number of nitrogens with zero attached hydrogens (tertiary/aromatic N) is 2. The van der Waals surface area contributed by atoms with Gasteiger partial charge in [-0.15, -0.1) is 10.0 Å². The molecule has 0 aromatic heterocycles. The monoisotopic (exact) mass is 470 g/mol. The van der Waals surface area contributed by atoms with Gasteiger partial charge in [0.15, 0.2) is 0 Å². The van der Waals surface area contributed by atoms with Gasteiger partial charge in [0.25, 0.3) is 5.24 Å². The van der Waals surface area contributed by atoms with E-state index in [1.807, 2.05) is 61.5 Å². The molecule has 2 amide bonds. The summed E-state index contributed by atoms with van der Waals surface area (Å²) in [5.74, 6) is -1.13. The van der Waals surface area contributed by atoms with Crippen molar-refractivity contribution in [2.45, 2.75) is 50.0 Å². The number of carbonyl (C=O) groups is 3. The van der Waals surface area contributed by atoms with Crippen LogP contribution in [-0.4, -0.2) is 56.3 Å². The molecule has 3 atom stereocenters. The molecule has 2 saturated heterocycles. The minimum Gasteiger partial charge on any atom is -0.459 e. The van der Waals surface area contributed by atoms with Gasteiger partial charge in [0.2, 0.25) is 5.91 Å². The minimum absolute atomic E-state index is 0.0810. The Kier molecular flexibility index (Phi) is 6.01. The minimum atomic E-state index is -2.52. The first-order valence-electron chi connectivity index (χ1n) is 10.9. The van der Waals surface area contributed by atoms with Crippen molar-refractivity contribution in [3.05, 3.63) is 65.7 Å². The Morgan fingerprint density at radius 3 is 2.36 bits per heavy atom. The quantitative estimate of drug-likeness (QED) is 0.531. The molecule has 0 radical (unpaired) electrons. The van der Waals surface area contributed by atoms with E-state index in [1.165, 1.54) is 4.90 Å². The van der Waals surface area contributed by atoms with E-state index >= 15 is 0 Å². The Morgan fingerprint density at radius 2 is 1.79 bits per heavy atom. The van der Waals surface area contributed by atoms with E-state index < -0.39 is 38.1 Å². The van der Waals surface area contributed by atoms with Crippen LogP contribution in [0.3, 0.4) is 0 Å². The molecule has 8 heteroatoms. The fraction of sp³-hybridized carbons (Fsp3) is 0.400. The molecular formula is C25H30N2O5S. The molecule has 2 aromatic rings. The maximum absolute atomic E-state index is 14.0. The summed E-state index contributed by atoms with van der Waals surface area (Å²) in [6.07, 6.45) is 0.148. The third kappa shape index (κ3) is 3.52. The van der Waals surface area contributed by atoms with Crippen LogP contribution in [-0.2, 0) is 20.9 Å². The zero-order valence-electron chi connectivity index (χ0n) is 19.4. The van der Waals surface area contributed by atoms with E-state index in [2.05, 4.69) is 0 Å². The molecule has 2 fully saturated rings. The number of hydrogen-bond donors (Lipinski definition) is 1. The molecule has 0 bridgehead atoms. The number of aryl methyl sites for hydroxylation is 1. The lowest BCUT2D eigenvalue weighted by atomic mass is 9.98. The first kappa shape index (κ1) is 23.3. The number of aliphatic hydroxyl groups excluding tert-OH is 1. The molecule has 176 valence electrons. The number of amides is 2. The first-order valence-corrected chi connectivity index (χ1v) is 12.8. The van der Waals surface area contributed by atoms with Crippen LogP contribution < -0.4 is 4.90 Å². The van der Waals surface area contributed by atoms with Gasteiger partial charge < -0.3 is 19.6 Å². The van der Waals surface area contributed by atoms with Crippen molar-refractivity contribution in [3.8, 4) is 0 Å². The number of anilines is 1. The number of aliphatic hydroxyl groups is 1. The van der Waals surface area contributed by atoms with Crippen molar-refractivity contribution in [1.82, 2.24) is 4.90 Å². The van der Waals surface area contributed by atoms with Crippen LogP contribution in [0, 0.1) is 6.92 Å². The van der Waals surface area contributed by atoms with E-state index in [9.17, 15) is 19.5 Å². The standard InChI is InChI=1S/C25H30N2O5S/c1-17-10-12-19(13-11-17)26(4)24(31)33(16-28)21-14-20(29)27(21)22(25(33,2)3)23(30)32-15-18-8-6-5-7-9-18/h5-13,21-22,28H,14-16H2,1-4H3/t21-,22+/m1/s1. The van der Waals surface area contributed by atoms with E-state index in [0.717, 1.165) is 11.1 Å². The van der Waals surface area contributed by atoms with E-state index in [1.54, 1.807) is 25.8 Å². The average Bonchev–Trinajstić information content (AvgIpc) is 2.97. The summed E-state index contributed by atoms with van der Waals surface area (Å²) in [6.45, 7) is 5.66. The smallest absolute Gasteiger partial charge is 0.330 e. The van der Waals surface area contributed by atoms with E-state index in [0.29, 0.717) is 5.69 Å². The van der Waals surface area contributed by atoms with Crippen LogP contribution in [0.25, 0.3) is 0 Å². The van der Waals surface area contributed by atoms with Crippen molar-refractivity contribution in [2.75, 3.05) is 17.9 Å². The summed E-state index contributed by atoms with van der Waals surface area (Å²) in [6, 6.07) is 15.9. The van der Waals surface area contributed by atoms with Gasteiger partial charge in [-0.2, -0.15) is 0 Å². The second kappa shape index (κ2) is 8.50. The second-order valence-corrected chi connectivity index (χ2v) is 12.9. The largest absolute Gasteiger partial charge is 0.459 e. The zero-order valence-corrected chi connectivity index (χ0v) is 20.2. The summed E-state index contributed by atoms with van der Waals surface area (Å²) in [5.41, 5.74) is 2.61. The normalized spacial score (nSPS) is 27.2. The lowest BCUT2D eigenvalue weighted by molar-refractivity contribution is -0.162. The Hall–Kier alpha value is -2.84. The van der Waals surface area contributed by atoms with Crippen molar-refractivity contribution in [3.63, 3.8) is 0 Å². The number of fused-ring (bicyclic) bond motifs is 1. The summed E-state index contributed by atoms with van der Waals surface area (Å²) in [4.78, 5) is 42.9. The van der Waals surface area contributed by atoms with Crippen molar-refractivity contribution < 1.29 is 24.2 Å². The van der Waals surface area contributed by atoms with Crippen molar-refractivity contribution in [1.29, 1.82) is 0 Å². The molecule has 2 aromatic carbocycles. The van der Waals surface area contributed by atoms with Gasteiger partial charge in [-0.1, -0.05) is 48.0 Å². The predicted molar refractivity (Wildman–Crippen MR) is 129 cm³/mol. The van der Waals surface area contributed by atoms with E-state index in [-0.39, 0.29) is 24.2 Å². The number of ether oxygens (including phenoxy) is 1. The van der Waals surface area contributed by atoms with E-state index in [4.69, 9.17) is 4.74 Å². The van der Waals surface area contributed by atoms with Gasteiger partial charge in [-0.05, 0) is 38.5 Å². The molecular weight excluding hydrogens is 440 g/mol. The third-order valence-electron chi connectivity index (χ3n) is 6.94. The van der Waals surface area contributed by atoms with Crippen LogP contribution in [0.1, 0.15) is 31.4 Å². The fourth-order valence-electron chi connectivity index (χ4n) is 4.90. The molecule has 0 aliphatic carbocycles. The topological polar surface area (TPSA) is 87.2 Å². The molecule has 0 spiro atoms. The number of hydrogen-bond acceptors (Lipinski definition) is 5. The maximum atomic E-state index is 14.0.